The smallest absolute Gasteiger partial charge is 0.306 e. The molecule has 0 aliphatic heterocycles. The van der Waals surface area contributed by atoms with Crippen molar-refractivity contribution >= 4 is 5.97 Å². The van der Waals surface area contributed by atoms with Crippen LogP contribution < -0.4 is 0 Å². The molecular weight excluding hydrogens is 296 g/mol. The van der Waals surface area contributed by atoms with Crippen LogP contribution in [0.1, 0.15) is 40.5 Å². The number of rotatable bonds is 5. The molecule has 0 saturated heterocycles. The minimum Gasteiger partial charge on any atom is -0.481 e. The Morgan fingerprint density at radius 1 is 1.15 bits per heavy atom. The molecule has 2 nitrogen and oxygen atoms in total. The van der Waals surface area contributed by atoms with Crippen molar-refractivity contribution < 1.29 is 50.7 Å². The van der Waals surface area contributed by atoms with Crippen LogP contribution in [-0.2, 0) is 4.79 Å². The molecule has 1 unspecified atom stereocenters. The van der Waals surface area contributed by atoms with Crippen molar-refractivity contribution in [2.45, 2.75) is 40.5 Å². The van der Waals surface area contributed by atoms with E-state index in [1.807, 2.05) is 13.8 Å². The van der Waals surface area contributed by atoms with Gasteiger partial charge in [0.05, 0.1) is 5.92 Å². The van der Waals surface area contributed by atoms with Crippen LogP contribution in [0.15, 0.2) is 0 Å². The molecule has 0 radical (unpaired) electrons. The van der Waals surface area contributed by atoms with E-state index in [9.17, 15) is 4.79 Å². The maximum atomic E-state index is 10.8. The Labute approximate surface area is 114 Å². The molecule has 76 valence electrons. The van der Waals surface area contributed by atoms with Gasteiger partial charge in [-0.1, -0.05) is 34.1 Å². The summed E-state index contributed by atoms with van der Waals surface area (Å²) in [6.45, 7) is 8.19. The molecule has 0 aromatic rings. The molecular formula is C10H20NdO2. The molecule has 0 aromatic heterocycles. The fourth-order valence-electron chi connectivity index (χ4n) is 1.25. The molecule has 0 heterocycles. The van der Waals surface area contributed by atoms with Crippen LogP contribution in [0.2, 0.25) is 0 Å². The summed E-state index contributed by atoms with van der Waals surface area (Å²) in [6, 6.07) is 0. The first kappa shape index (κ1) is 16.3. The summed E-state index contributed by atoms with van der Waals surface area (Å²) in [5.41, 5.74) is 0. The number of hydrogen-bond acceptors (Lipinski definition) is 1. The van der Waals surface area contributed by atoms with Crippen molar-refractivity contribution in [3.05, 3.63) is 0 Å². The summed E-state index contributed by atoms with van der Waals surface area (Å²) >= 11 is 0. The molecule has 0 aromatic carbocycles. The molecule has 0 aliphatic rings. The summed E-state index contributed by atoms with van der Waals surface area (Å²) in [4.78, 5) is 10.8. The van der Waals surface area contributed by atoms with Crippen molar-refractivity contribution in [2.75, 3.05) is 0 Å². The number of aliphatic carboxylic acids is 1. The van der Waals surface area contributed by atoms with Gasteiger partial charge in [0.15, 0.2) is 0 Å². The van der Waals surface area contributed by atoms with Crippen molar-refractivity contribution in [1.29, 1.82) is 0 Å². The molecule has 0 fully saturated rings. The third kappa shape index (κ3) is 7.86. The Hall–Kier alpha value is 0.821. The molecule has 3 heteroatoms. The summed E-state index contributed by atoms with van der Waals surface area (Å²) in [5.74, 6) is 0.0462. The van der Waals surface area contributed by atoms with Crippen molar-refractivity contribution in [2.24, 2.45) is 17.8 Å². The SMILES string of the molecule is CC(C)CCC(C(=O)O)C(C)C.[Nd]. The molecule has 0 amide bonds. The summed E-state index contributed by atoms with van der Waals surface area (Å²) in [5, 5.41) is 8.86. The summed E-state index contributed by atoms with van der Waals surface area (Å²) in [7, 11) is 0. The van der Waals surface area contributed by atoms with Gasteiger partial charge >= 0.3 is 5.97 Å². The van der Waals surface area contributed by atoms with E-state index in [0.717, 1.165) is 12.8 Å². The van der Waals surface area contributed by atoms with Gasteiger partial charge in [0.1, 0.15) is 0 Å². The van der Waals surface area contributed by atoms with Crippen LogP contribution in [0.5, 0.6) is 0 Å². The van der Waals surface area contributed by atoms with E-state index in [1.165, 1.54) is 0 Å². The maximum absolute atomic E-state index is 10.8. The summed E-state index contributed by atoms with van der Waals surface area (Å²) in [6.07, 6.45) is 1.82. The molecule has 1 N–H and O–H groups in total. The molecule has 1 atom stereocenters. The third-order valence-corrected chi connectivity index (χ3v) is 2.18. The minimum atomic E-state index is -0.648. The number of carboxylic acid groups (broad SMARTS) is 1. The van der Waals surface area contributed by atoms with Gasteiger partial charge in [-0.3, -0.25) is 4.79 Å². The standard InChI is InChI=1S/C10H20O2.Nd/c1-7(2)5-6-9(8(3)4)10(11)12;/h7-9H,5-6H2,1-4H3,(H,11,12);. The van der Waals surface area contributed by atoms with Gasteiger partial charge in [-0.2, -0.15) is 0 Å². The van der Waals surface area contributed by atoms with E-state index >= 15 is 0 Å². The Balaban J connectivity index is 0. The van der Waals surface area contributed by atoms with Crippen LogP contribution in [0.25, 0.3) is 0 Å². The largest absolute Gasteiger partial charge is 0.481 e. The van der Waals surface area contributed by atoms with Crippen LogP contribution in [0, 0.1) is 58.6 Å². The second-order valence-electron chi connectivity index (χ2n) is 4.16. The van der Waals surface area contributed by atoms with Gasteiger partial charge in [-0.25, -0.2) is 0 Å². The van der Waals surface area contributed by atoms with Crippen molar-refractivity contribution in [3.63, 3.8) is 0 Å². The van der Waals surface area contributed by atoms with Crippen LogP contribution in [-0.4, -0.2) is 11.1 Å². The average molecular weight is 317 g/mol. The van der Waals surface area contributed by atoms with E-state index in [0.29, 0.717) is 5.92 Å². The van der Waals surface area contributed by atoms with Gasteiger partial charge in [0.2, 0.25) is 0 Å². The maximum Gasteiger partial charge on any atom is 0.306 e. The Morgan fingerprint density at radius 3 is 1.85 bits per heavy atom. The zero-order valence-corrected chi connectivity index (χ0v) is 12.2. The molecule has 13 heavy (non-hydrogen) atoms. The van der Waals surface area contributed by atoms with E-state index in [1.54, 1.807) is 0 Å². The third-order valence-electron chi connectivity index (χ3n) is 2.18. The molecule has 0 rings (SSSR count). The van der Waals surface area contributed by atoms with E-state index in [4.69, 9.17) is 5.11 Å². The van der Waals surface area contributed by atoms with E-state index in [-0.39, 0.29) is 52.7 Å². The van der Waals surface area contributed by atoms with Gasteiger partial charge in [0.25, 0.3) is 0 Å². The first-order chi connectivity index (χ1) is 5.45. The normalized spacial score (nSPS) is 12.8. The first-order valence-corrected chi connectivity index (χ1v) is 4.68. The second-order valence-corrected chi connectivity index (χ2v) is 4.16. The number of hydrogen-bond donors (Lipinski definition) is 1. The van der Waals surface area contributed by atoms with Gasteiger partial charge in [-0.05, 0) is 18.3 Å². The first-order valence-electron chi connectivity index (χ1n) is 4.68. The fourth-order valence-corrected chi connectivity index (χ4v) is 1.25. The van der Waals surface area contributed by atoms with E-state index in [2.05, 4.69) is 13.8 Å². The number of carboxylic acids is 1. The quantitative estimate of drug-likeness (QED) is 0.847. The predicted octanol–water partition coefficient (Wildman–Crippen LogP) is 2.78. The predicted molar refractivity (Wildman–Crippen MR) is 50.0 cm³/mol. The monoisotopic (exact) mass is 314 g/mol. The minimum absolute atomic E-state index is 0. The van der Waals surface area contributed by atoms with Gasteiger partial charge < -0.3 is 5.11 Å². The Bertz CT molecular complexity index is 144. The van der Waals surface area contributed by atoms with Gasteiger partial charge in [0, 0.05) is 40.8 Å². The molecule has 0 bridgehead atoms. The van der Waals surface area contributed by atoms with Crippen LogP contribution >= 0.6 is 0 Å². The number of carbonyl (C=O) groups is 1. The van der Waals surface area contributed by atoms with Crippen molar-refractivity contribution in [1.82, 2.24) is 0 Å². The van der Waals surface area contributed by atoms with Gasteiger partial charge in [-0.15, -0.1) is 0 Å². The summed E-state index contributed by atoms with van der Waals surface area (Å²) < 4.78 is 0. The Kier molecular flexibility index (Phi) is 10.2. The molecule has 0 saturated carbocycles. The topological polar surface area (TPSA) is 37.3 Å². The molecule has 0 aliphatic carbocycles. The van der Waals surface area contributed by atoms with E-state index < -0.39 is 5.97 Å². The molecule has 0 spiro atoms. The van der Waals surface area contributed by atoms with Crippen LogP contribution in [0.3, 0.4) is 0 Å². The zero-order valence-electron chi connectivity index (χ0n) is 9.00. The van der Waals surface area contributed by atoms with Crippen LogP contribution in [0.4, 0.5) is 0 Å². The van der Waals surface area contributed by atoms with Crippen molar-refractivity contribution in [3.8, 4) is 0 Å². The second kappa shape index (κ2) is 8.16. The fraction of sp³-hybridized carbons (Fsp3) is 0.900. The average Bonchev–Trinajstić information content (AvgIpc) is 1.84. The zero-order chi connectivity index (χ0) is 9.72. The Morgan fingerprint density at radius 2 is 1.62 bits per heavy atom.